The van der Waals surface area contributed by atoms with E-state index < -0.39 is 16.9 Å². The first-order valence-corrected chi connectivity index (χ1v) is 10.9. The van der Waals surface area contributed by atoms with Crippen LogP contribution in [0.1, 0.15) is 56.1 Å². The smallest absolute Gasteiger partial charge is 0.252 e. The molecule has 0 saturated heterocycles. The fraction of sp³-hybridized carbons (Fsp3) is 0.440. The fourth-order valence-corrected chi connectivity index (χ4v) is 3.30. The largest absolute Gasteiger partial charge is 0.393 e. The van der Waals surface area contributed by atoms with Crippen molar-refractivity contribution in [3.8, 4) is 0 Å². The third-order valence-electron chi connectivity index (χ3n) is 5.52. The van der Waals surface area contributed by atoms with Crippen molar-refractivity contribution in [2.24, 2.45) is 10.8 Å². The highest BCUT2D eigenvalue weighted by molar-refractivity contribution is 6.33. The van der Waals surface area contributed by atoms with Crippen molar-refractivity contribution in [2.45, 2.75) is 53.7 Å². The van der Waals surface area contributed by atoms with E-state index in [0.717, 1.165) is 11.1 Å². The topological polar surface area (TPSA) is 78.4 Å². The van der Waals surface area contributed by atoms with Gasteiger partial charge in [-0.25, -0.2) is 0 Å². The molecule has 2 aromatic rings. The SMILES string of the molecule is CC(O)C(C)(CNC(=O)c1cc(CNC(=O)C(C)(C)C)ccc1Cl)Cc1ccccc1. The molecule has 0 bridgehead atoms. The van der Waals surface area contributed by atoms with E-state index in [4.69, 9.17) is 11.6 Å². The Balaban J connectivity index is 2.08. The number of nitrogens with one attached hydrogen (secondary N) is 2. The monoisotopic (exact) mass is 444 g/mol. The summed E-state index contributed by atoms with van der Waals surface area (Å²) in [5, 5.41) is 16.5. The second kappa shape index (κ2) is 10.3. The maximum Gasteiger partial charge on any atom is 0.252 e. The van der Waals surface area contributed by atoms with Crippen molar-refractivity contribution in [3.63, 3.8) is 0 Å². The van der Waals surface area contributed by atoms with E-state index in [1.807, 2.05) is 58.0 Å². The summed E-state index contributed by atoms with van der Waals surface area (Å²) in [6, 6.07) is 15.0. The normalized spacial score (nSPS) is 14.4. The lowest BCUT2D eigenvalue weighted by molar-refractivity contribution is -0.128. The molecule has 0 aliphatic rings. The minimum absolute atomic E-state index is 0.0675. The van der Waals surface area contributed by atoms with Gasteiger partial charge in [0.2, 0.25) is 5.91 Å². The number of carbonyl (C=O) groups excluding carboxylic acids is 2. The highest BCUT2D eigenvalue weighted by Crippen LogP contribution is 2.27. The van der Waals surface area contributed by atoms with E-state index in [0.29, 0.717) is 30.1 Å². The van der Waals surface area contributed by atoms with Gasteiger partial charge in [-0.1, -0.05) is 75.7 Å². The van der Waals surface area contributed by atoms with E-state index >= 15 is 0 Å². The van der Waals surface area contributed by atoms with Gasteiger partial charge in [0.15, 0.2) is 0 Å². The van der Waals surface area contributed by atoms with E-state index in [2.05, 4.69) is 10.6 Å². The summed E-state index contributed by atoms with van der Waals surface area (Å²) in [6.45, 7) is 9.82. The van der Waals surface area contributed by atoms with Gasteiger partial charge in [0.25, 0.3) is 5.91 Å². The van der Waals surface area contributed by atoms with Gasteiger partial charge in [-0.15, -0.1) is 0 Å². The Labute approximate surface area is 190 Å². The predicted molar refractivity (Wildman–Crippen MR) is 125 cm³/mol. The van der Waals surface area contributed by atoms with Crippen molar-refractivity contribution in [1.29, 1.82) is 0 Å². The summed E-state index contributed by atoms with van der Waals surface area (Å²) >= 11 is 6.27. The number of benzene rings is 2. The molecular formula is C25H33ClN2O3. The van der Waals surface area contributed by atoms with Gasteiger partial charge in [-0.05, 0) is 36.6 Å². The molecule has 31 heavy (non-hydrogen) atoms. The summed E-state index contributed by atoms with van der Waals surface area (Å²) < 4.78 is 0. The van der Waals surface area contributed by atoms with Crippen LogP contribution in [-0.4, -0.2) is 29.6 Å². The number of carbonyl (C=O) groups is 2. The van der Waals surface area contributed by atoms with Gasteiger partial charge < -0.3 is 15.7 Å². The first-order chi connectivity index (χ1) is 14.4. The second-order valence-electron chi connectivity index (χ2n) is 9.42. The van der Waals surface area contributed by atoms with Crippen LogP contribution < -0.4 is 10.6 Å². The molecule has 6 heteroatoms. The van der Waals surface area contributed by atoms with Gasteiger partial charge in [-0.3, -0.25) is 9.59 Å². The average molecular weight is 445 g/mol. The minimum atomic E-state index is -0.623. The molecule has 168 valence electrons. The van der Waals surface area contributed by atoms with Crippen LogP contribution in [-0.2, 0) is 17.8 Å². The maximum absolute atomic E-state index is 12.9. The lowest BCUT2D eigenvalue weighted by Crippen LogP contribution is -2.43. The molecule has 0 saturated carbocycles. The van der Waals surface area contributed by atoms with E-state index in [1.165, 1.54) is 0 Å². The van der Waals surface area contributed by atoms with Gasteiger partial charge in [0.1, 0.15) is 0 Å². The molecule has 0 aromatic heterocycles. The van der Waals surface area contributed by atoms with Gasteiger partial charge in [-0.2, -0.15) is 0 Å². The van der Waals surface area contributed by atoms with E-state index in [9.17, 15) is 14.7 Å². The number of halogens is 1. The summed E-state index contributed by atoms with van der Waals surface area (Å²) in [6.07, 6.45) is 0.000650. The van der Waals surface area contributed by atoms with Crippen LogP contribution in [0.4, 0.5) is 0 Å². The predicted octanol–water partition coefficient (Wildman–Crippen LogP) is 4.36. The molecule has 2 rings (SSSR count). The average Bonchev–Trinajstić information content (AvgIpc) is 2.71. The number of aliphatic hydroxyl groups is 1. The van der Waals surface area contributed by atoms with E-state index in [1.54, 1.807) is 25.1 Å². The summed E-state index contributed by atoms with van der Waals surface area (Å²) in [5.41, 5.74) is 1.19. The Hall–Kier alpha value is -2.37. The highest BCUT2D eigenvalue weighted by atomic mass is 35.5. The van der Waals surface area contributed by atoms with Crippen molar-refractivity contribution in [1.82, 2.24) is 10.6 Å². The molecule has 0 radical (unpaired) electrons. The molecule has 0 aliphatic heterocycles. The van der Waals surface area contributed by atoms with Crippen molar-refractivity contribution in [3.05, 3.63) is 70.2 Å². The fourth-order valence-electron chi connectivity index (χ4n) is 3.10. The number of hydrogen-bond acceptors (Lipinski definition) is 3. The number of aliphatic hydroxyl groups excluding tert-OH is 1. The molecule has 3 N–H and O–H groups in total. The van der Waals surface area contributed by atoms with Crippen LogP contribution in [0.15, 0.2) is 48.5 Å². The lowest BCUT2D eigenvalue weighted by Gasteiger charge is -2.33. The Bertz CT molecular complexity index is 907. The molecule has 0 aliphatic carbocycles. The lowest BCUT2D eigenvalue weighted by atomic mass is 9.79. The quantitative estimate of drug-likeness (QED) is 0.566. The summed E-state index contributed by atoms with van der Waals surface area (Å²) in [5.74, 6) is -0.379. The van der Waals surface area contributed by atoms with Gasteiger partial charge in [0, 0.05) is 23.9 Å². The van der Waals surface area contributed by atoms with Crippen LogP contribution in [0.2, 0.25) is 5.02 Å². The molecule has 0 spiro atoms. The maximum atomic E-state index is 12.9. The minimum Gasteiger partial charge on any atom is -0.393 e. The Kier molecular flexibility index (Phi) is 8.27. The summed E-state index contributed by atoms with van der Waals surface area (Å²) in [7, 11) is 0. The molecule has 0 heterocycles. The van der Waals surface area contributed by atoms with Crippen molar-refractivity contribution < 1.29 is 14.7 Å². The molecule has 2 aromatic carbocycles. The van der Waals surface area contributed by atoms with Gasteiger partial charge >= 0.3 is 0 Å². The van der Waals surface area contributed by atoms with Crippen molar-refractivity contribution in [2.75, 3.05) is 6.54 Å². The van der Waals surface area contributed by atoms with E-state index in [-0.39, 0.29) is 11.8 Å². The van der Waals surface area contributed by atoms with Crippen LogP contribution >= 0.6 is 11.6 Å². The number of amides is 2. The number of hydrogen-bond donors (Lipinski definition) is 3. The summed E-state index contributed by atoms with van der Waals surface area (Å²) in [4.78, 5) is 25.0. The Morgan fingerprint density at radius 3 is 2.23 bits per heavy atom. The van der Waals surface area contributed by atoms with Crippen LogP contribution in [0.3, 0.4) is 0 Å². The zero-order chi connectivity index (χ0) is 23.2. The molecule has 0 fully saturated rings. The number of rotatable bonds is 8. The van der Waals surface area contributed by atoms with Crippen LogP contribution in [0.5, 0.6) is 0 Å². The third-order valence-corrected chi connectivity index (χ3v) is 5.85. The molecule has 2 amide bonds. The van der Waals surface area contributed by atoms with Gasteiger partial charge in [0.05, 0.1) is 16.7 Å². The standard InChI is InChI=1S/C25H33ClN2O3/c1-17(29)25(5,14-18-9-7-6-8-10-18)16-28-22(30)20-13-19(11-12-21(20)26)15-27-23(31)24(2,3)4/h6-13,17,29H,14-16H2,1-5H3,(H,27,31)(H,28,30). The highest BCUT2D eigenvalue weighted by Gasteiger charge is 2.31. The van der Waals surface area contributed by atoms with Crippen LogP contribution in [0.25, 0.3) is 0 Å². The zero-order valence-electron chi connectivity index (χ0n) is 19.0. The first-order valence-electron chi connectivity index (χ1n) is 10.5. The molecule has 2 atom stereocenters. The Morgan fingerprint density at radius 1 is 1.00 bits per heavy atom. The van der Waals surface area contributed by atoms with Crippen molar-refractivity contribution >= 4 is 23.4 Å². The first kappa shape index (κ1) is 24.9. The molecule has 5 nitrogen and oxygen atoms in total. The third kappa shape index (κ3) is 7.08. The molecular weight excluding hydrogens is 412 g/mol. The second-order valence-corrected chi connectivity index (χ2v) is 9.83. The zero-order valence-corrected chi connectivity index (χ0v) is 19.7. The van der Waals surface area contributed by atoms with Crippen LogP contribution in [0, 0.1) is 10.8 Å². The Morgan fingerprint density at radius 2 is 1.65 bits per heavy atom. The molecule has 2 unspecified atom stereocenters.